The number of sulfonamides is 1. The Morgan fingerprint density at radius 1 is 1.21 bits per heavy atom. The van der Waals surface area contributed by atoms with E-state index in [2.05, 4.69) is 5.32 Å². The van der Waals surface area contributed by atoms with Crippen molar-refractivity contribution in [3.63, 3.8) is 0 Å². The summed E-state index contributed by atoms with van der Waals surface area (Å²) in [6.07, 6.45) is -1.09. The number of carbonyl (C=O) groups is 2. The SMILES string of the molecule is Cc1cc(C(=O)OC(C)C(=O)NCc2ccccc2Cl)cc(S(N)(=O)=O)c1C. The van der Waals surface area contributed by atoms with Gasteiger partial charge in [0, 0.05) is 11.6 Å². The third-order valence-electron chi connectivity index (χ3n) is 4.23. The number of nitrogens with two attached hydrogens (primary N) is 1. The van der Waals surface area contributed by atoms with Crippen molar-refractivity contribution in [2.75, 3.05) is 0 Å². The van der Waals surface area contributed by atoms with E-state index < -0.39 is 28.0 Å². The molecule has 0 aliphatic carbocycles. The first-order valence-electron chi connectivity index (χ1n) is 8.37. The molecule has 0 heterocycles. The molecule has 28 heavy (non-hydrogen) atoms. The summed E-state index contributed by atoms with van der Waals surface area (Å²) in [6, 6.07) is 9.67. The van der Waals surface area contributed by atoms with Crippen molar-refractivity contribution >= 4 is 33.5 Å². The van der Waals surface area contributed by atoms with Crippen molar-refractivity contribution in [1.82, 2.24) is 5.32 Å². The molecule has 0 aliphatic heterocycles. The van der Waals surface area contributed by atoms with E-state index in [0.717, 1.165) is 11.6 Å². The number of primary sulfonamides is 1. The van der Waals surface area contributed by atoms with Crippen LogP contribution < -0.4 is 10.5 Å². The molecular weight excluding hydrogens is 404 g/mol. The van der Waals surface area contributed by atoms with Crippen molar-refractivity contribution in [2.24, 2.45) is 5.14 Å². The predicted octanol–water partition coefficient (Wildman–Crippen LogP) is 2.47. The van der Waals surface area contributed by atoms with Crippen LogP contribution in [-0.4, -0.2) is 26.4 Å². The lowest BCUT2D eigenvalue weighted by Gasteiger charge is -2.15. The van der Waals surface area contributed by atoms with Crippen LogP contribution in [0.3, 0.4) is 0 Å². The molecule has 0 saturated heterocycles. The van der Waals surface area contributed by atoms with Crippen molar-refractivity contribution in [3.05, 3.63) is 63.7 Å². The van der Waals surface area contributed by atoms with Gasteiger partial charge in [-0.2, -0.15) is 0 Å². The average Bonchev–Trinajstić information content (AvgIpc) is 2.61. The molecule has 0 bridgehead atoms. The van der Waals surface area contributed by atoms with Crippen molar-refractivity contribution < 1.29 is 22.7 Å². The summed E-state index contributed by atoms with van der Waals surface area (Å²) in [5.41, 5.74) is 1.74. The fraction of sp³-hybridized carbons (Fsp3) is 0.263. The van der Waals surface area contributed by atoms with Crippen LogP contribution in [0.2, 0.25) is 5.02 Å². The fourth-order valence-electron chi connectivity index (χ4n) is 2.49. The average molecular weight is 425 g/mol. The lowest BCUT2D eigenvalue weighted by atomic mass is 10.1. The Balaban J connectivity index is 2.09. The van der Waals surface area contributed by atoms with E-state index >= 15 is 0 Å². The summed E-state index contributed by atoms with van der Waals surface area (Å²) in [5.74, 6) is -1.34. The smallest absolute Gasteiger partial charge is 0.338 e. The summed E-state index contributed by atoms with van der Waals surface area (Å²) in [6.45, 7) is 4.84. The van der Waals surface area contributed by atoms with Gasteiger partial charge in [0.2, 0.25) is 10.0 Å². The summed E-state index contributed by atoms with van der Waals surface area (Å²) in [5, 5.41) is 8.35. The van der Waals surface area contributed by atoms with Gasteiger partial charge >= 0.3 is 5.97 Å². The molecule has 1 amide bonds. The molecule has 2 aromatic rings. The molecule has 0 fully saturated rings. The predicted molar refractivity (Wildman–Crippen MR) is 105 cm³/mol. The lowest BCUT2D eigenvalue weighted by Crippen LogP contribution is -2.35. The highest BCUT2D eigenvalue weighted by Crippen LogP contribution is 2.21. The van der Waals surface area contributed by atoms with Gasteiger partial charge in [-0.25, -0.2) is 18.4 Å². The first-order chi connectivity index (χ1) is 13.0. The van der Waals surface area contributed by atoms with E-state index in [9.17, 15) is 18.0 Å². The minimum atomic E-state index is -4.00. The van der Waals surface area contributed by atoms with Crippen LogP contribution >= 0.6 is 11.6 Å². The number of aryl methyl sites for hydroxylation is 1. The minimum absolute atomic E-state index is 0.00196. The molecule has 0 radical (unpaired) electrons. The lowest BCUT2D eigenvalue weighted by molar-refractivity contribution is -0.129. The topological polar surface area (TPSA) is 116 Å². The molecule has 2 rings (SSSR count). The number of nitrogens with one attached hydrogen (secondary N) is 1. The Morgan fingerprint density at radius 3 is 2.46 bits per heavy atom. The Kier molecular flexibility index (Phi) is 6.82. The maximum absolute atomic E-state index is 12.4. The van der Waals surface area contributed by atoms with Gasteiger partial charge in [-0.05, 0) is 55.7 Å². The highest BCUT2D eigenvalue weighted by Gasteiger charge is 2.22. The molecule has 0 aliphatic rings. The number of esters is 1. The van der Waals surface area contributed by atoms with E-state index in [1.165, 1.54) is 13.0 Å². The molecule has 7 nitrogen and oxygen atoms in total. The van der Waals surface area contributed by atoms with Gasteiger partial charge in [0.1, 0.15) is 0 Å². The second-order valence-corrected chi connectivity index (χ2v) is 8.26. The number of hydrogen-bond acceptors (Lipinski definition) is 5. The molecule has 9 heteroatoms. The molecule has 0 saturated carbocycles. The fourth-order valence-corrected chi connectivity index (χ4v) is 3.57. The van der Waals surface area contributed by atoms with Crippen LogP contribution in [0.5, 0.6) is 0 Å². The zero-order chi connectivity index (χ0) is 21.1. The van der Waals surface area contributed by atoms with Gasteiger partial charge in [0.15, 0.2) is 6.10 Å². The summed E-state index contributed by atoms with van der Waals surface area (Å²) >= 11 is 6.03. The van der Waals surface area contributed by atoms with Crippen molar-refractivity contribution in [1.29, 1.82) is 0 Å². The highest BCUT2D eigenvalue weighted by atomic mass is 35.5. The van der Waals surface area contributed by atoms with Crippen LogP contribution in [0.25, 0.3) is 0 Å². The summed E-state index contributed by atoms with van der Waals surface area (Å²) in [4.78, 5) is 24.4. The standard InChI is InChI=1S/C19H21ClN2O5S/c1-11-8-15(9-17(12(11)2)28(21,25)26)19(24)27-13(3)18(23)22-10-14-6-4-5-7-16(14)20/h4-9,13H,10H2,1-3H3,(H,22,23)(H2,21,25,26). The molecule has 150 valence electrons. The monoisotopic (exact) mass is 424 g/mol. The Bertz CT molecular complexity index is 1020. The maximum atomic E-state index is 12.4. The Hall–Kier alpha value is -2.42. The van der Waals surface area contributed by atoms with Gasteiger partial charge in [-0.3, -0.25) is 4.79 Å². The zero-order valence-corrected chi connectivity index (χ0v) is 17.2. The third kappa shape index (κ3) is 5.31. The molecule has 1 unspecified atom stereocenters. The number of halogens is 1. The van der Waals surface area contributed by atoms with Crippen LogP contribution in [0.15, 0.2) is 41.3 Å². The molecule has 0 spiro atoms. The quantitative estimate of drug-likeness (QED) is 0.691. The second-order valence-electron chi connectivity index (χ2n) is 6.32. The summed E-state index contributed by atoms with van der Waals surface area (Å²) < 4.78 is 28.6. The van der Waals surface area contributed by atoms with Gasteiger partial charge in [0.25, 0.3) is 5.91 Å². The maximum Gasteiger partial charge on any atom is 0.338 e. The molecular formula is C19H21ClN2O5S. The number of hydrogen-bond donors (Lipinski definition) is 2. The minimum Gasteiger partial charge on any atom is -0.449 e. The van der Waals surface area contributed by atoms with E-state index in [1.807, 2.05) is 0 Å². The number of amides is 1. The summed E-state index contributed by atoms with van der Waals surface area (Å²) in [7, 11) is -4.00. The second kappa shape index (κ2) is 8.72. The van der Waals surface area contributed by atoms with Crippen LogP contribution in [0.1, 0.15) is 34.0 Å². The Labute approximate surface area is 168 Å². The van der Waals surface area contributed by atoms with Gasteiger partial charge in [0.05, 0.1) is 10.5 Å². The molecule has 1 atom stereocenters. The first kappa shape index (κ1) is 21.9. The van der Waals surface area contributed by atoms with Gasteiger partial charge in [-0.15, -0.1) is 0 Å². The molecule has 3 N–H and O–H groups in total. The number of ether oxygens (including phenoxy) is 1. The third-order valence-corrected chi connectivity index (χ3v) is 5.63. The number of rotatable bonds is 6. The number of carbonyl (C=O) groups excluding carboxylic acids is 2. The van der Waals surface area contributed by atoms with E-state index in [-0.39, 0.29) is 17.0 Å². The van der Waals surface area contributed by atoms with E-state index in [1.54, 1.807) is 38.1 Å². The van der Waals surface area contributed by atoms with Gasteiger partial charge < -0.3 is 10.1 Å². The number of benzene rings is 2. The molecule has 2 aromatic carbocycles. The first-order valence-corrected chi connectivity index (χ1v) is 10.3. The normalized spacial score (nSPS) is 12.3. The Morgan fingerprint density at radius 2 is 1.86 bits per heavy atom. The van der Waals surface area contributed by atoms with Crippen LogP contribution in [0.4, 0.5) is 0 Å². The van der Waals surface area contributed by atoms with E-state index in [0.29, 0.717) is 16.1 Å². The van der Waals surface area contributed by atoms with Crippen LogP contribution in [-0.2, 0) is 26.1 Å². The largest absolute Gasteiger partial charge is 0.449 e. The van der Waals surface area contributed by atoms with Gasteiger partial charge in [-0.1, -0.05) is 29.8 Å². The molecule has 0 aromatic heterocycles. The van der Waals surface area contributed by atoms with Crippen molar-refractivity contribution in [2.45, 2.75) is 38.3 Å². The highest BCUT2D eigenvalue weighted by molar-refractivity contribution is 7.89. The van der Waals surface area contributed by atoms with E-state index in [4.69, 9.17) is 21.5 Å². The van der Waals surface area contributed by atoms with Crippen molar-refractivity contribution in [3.8, 4) is 0 Å². The zero-order valence-electron chi connectivity index (χ0n) is 15.7. The van der Waals surface area contributed by atoms with Crippen LogP contribution in [0, 0.1) is 13.8 Å².